The fourth-order valence-corrected chi connectivity index (χ4v) is 1.23. The van der Waals surface area contributed by atoms with Crippen molar-refractivity contribution in [1.29, 1.82) is 0 Å². The molecule has 0 saturated carbocycles. The van der Waals surface area contributed by atoms with Crippen LogP contribution in [0.2, 0.25) is 0 Å². The van der Waals surface area contributed by atoms with E-state index in [1.54, 1.807) is 6.92 Å². The lowest BCUT2D eigenvalue weighted by molar-refractivity contribution is -0.121. The zero-order valence-electron chi connectivity index (χ0n) is 14.1. The highest BCUT2D eigenvalue weighted by Gasteiger charge is 2.02. The van der Waals surface area contributed by atoms with Gasteiger partial charge in [0.15, 0.2) is 0 Å². The summed E-state index contributed by atoms with van der Waals surface area (Å²) in [4.78, 5) is 21.9. The topological polar surface area (TPSA) is 46.2 Å². The Hall–Kier alpha value is -0.860. The molecule has 0 atom stereocenters. The highest BCUT2D eigenvalue weighted by atomic mass is 16.1. The average Bonchev–Trinajstić information content (AvgIpc) is 2.40. The van der Waals surface area contributed by atoms with Crippen molar-refractivity contribution >= 4 is 11.7 Å². The number of carbonyl (C=O) groups excluding carboxylic acids is 2. The van der Waals surface area contributed by atoms with Crippen LogP contribution >= 0.6 is 0 Å². The van der Waals surface area contributed by atoms with Crippen molar-refractivity contribution in [3.05, 3.63) is 0 Å². The minimum Gasteiger partial charge on any atom is -0.356 e. The first-order valence-electron chi connectivity index (χ1n) is 7.78. The van der Waals surface area contributed by atoms with Crippen LogP contribution < -0.4 is 5.32 Å². The number of unbranched alkanes of at least 4 members (excludes halogenated alkanes) is 1. The van der Waals surface area contributed by atoms with Crippen molar-refractivity contribution in [3.8, 4) is 0 Å². The summed E-state index contributed by atoms with van der Waals surface area (Å²) in [6.07, 6.45) is 3.96. The van der Waals surface area contributed by atoms with Crippen LogP contribution in [-0.4, -0.2) is 18.2 Å². The molecule has 0 heterocycles. The van der Waals surface area contributed by atoms with E-state index in [2.05, 4.69) is 19.2 Å². The van der Waals surface area contributed by atoms with Crippen molar-refractivity contribution in [1.82, 2.24) is 5.32 Å². The first-order chi connectivity index (χ1) is 9.02. The number of Topliss-reactive ketones (excluding diaryl/α,β-unsaturated/α-hetero) is 1. The van der Waals surface area contributed by atoms with E-state index in [1.165, 1.54) is 0 Å². The minimum atomic E-state index is 0.131. The third-order valence-electron chi connectivity index (χ3n) is 2.23. The number of hydrogen-bond acceptors (Lipinski definition) is 2. The average molecular weight is 273 g/mol. The van der Waals surface area contributed by atoms with Crippen molar-refractivity contribution in [2.24, 2.45) is 5.92 Å². The lowest BCUT2D eigenvalue weighted by atomic mass is 10.1. The minimum absolute atomic E-state index is 0.131. The van der Waals surface area contributed by atoms with Gasteiger partial charge in [-0.3, -0.25) is 4.79 Å². The van der Waals surface area contributed by atoms with E-state index in [1.807, 2.05) is 27.7 Å². The summed E-state index contributed by atoms with van der Waals surface area (Å²) in [5, 5.41) is 2.86. The van der Waals surface area contributed by atoms with Gasteiger partial charge >= 0.3 is 0 Å². The van der Waals surface area contributed by atoms with Crippen LogP contribution in [0, 0.1) is 5.92 Å². The Balaban J connectivity index is -0.000000579. The Labute approximate surface area is 120 Å². The molecule has 19 heavy (non-hydrogen) atoms. The number of rotatable bonds is 8. The molecule has 3 heteroatoms. The van der Waals surface area contributed by atoms with E-state index in [0.29, 0.717) is 25.3 Å². The molecule has 0 spiro atoms. The smallest absolute Gasteiger partial charge is 0.220 e. The number of carbonyl (C=O) groups is 2. The molecule has 0 fully saturated rings. The lowest BCUT2D eigenvalue weighted by Crippen LogP contribution is -2.24. The molecule has 0 radical (unpaired) electrons. The summed E-state index contributed by atoms with van der Waals surface area (Å²) >= 11 is 0. The Morgan fingerprint density at radius 2 is 1.47 bits per heavy atom. The number of hydrogen-bond donors (Lipinski definition) is 1. The molecular weight excluding hydrogens is 238 g/mol. The van der Waals surface area contributed by atoms with Gasteiger partial charge in [-0.25, -0.2) is 0 Å². The maximum atomic E-state index is 11.3. The molecule has 1 amide bonds. The van der Waals surface area contributed by atoms with E-state index < -0.39 is 0 Å². The molecule has 0 aromatic heterocycles. The largest absolute Gasteiger partial charge is 0.356 e. The second-order valence-electron chi connectivity index (χ2n) is 4.44. The van der Waals surface area contributed by atoms with Crippen molar-refractivity contribution in [3.63, 3.8) is 0 Å². The molecule has 0 unspecified atom stereocenters. The van der Waals surface area contributed by atoms with E-state index in [4.69, 9.17) is 0 Å². The molecule has 116 valence electrons. The first kappa shape index (κ1) is 23.2. The van der Waals surface area contributed by atoms with Crippen LogP contribution in [0.4, 0.5) is 0 Å². The standard InChI is InChI=1S/C12H23NO2.2C2H6/c1-10(2)7-8-12(15)13-9-5-4-6-11(3)14;2*1-2/h10H,4-9H2,1-3H3,(H,13,15);2*1-2H3. The highest BCUT2D eigenvalue weighted by molar-refractivity contribution is 5.76. The number of nitrogens with one attached hydrogen (secondary N) is 1. The SMILES string of the molecule is CC.CC.CC(=O)CCCCNC(=O)CCC(C)C. The maximum Gasteiger partial charge on any atom is 0.220 e. The third-order valence-corrected chi connectivity index (χ3v) is 2.23. The zero-order valence-corrected chi connectivity index (χ0v) is 14.1. The molecular formula is C16H35NO2. The van der Waals surface area contributed by atoms with Gasteiger partial charge in [0.25, 0.3) is 0 Å². The van der Waals surface area contributed by atoms with Crippen molar-refractivity contribution < 1.29 is 9.59 Å². The molecule has 1 N–H and O–H groups in total. The summed E-state index contributed by atoms with van der Waals surface area (Å²) in [6.45, 7) is 14.5. The Morgan fingerprint density at radius 1 is 0.947 bits per heavy atom. The van der Waals surface area contributed by atoms with Crippen LogP contribution in [0.5, 0.6) is 0 Å². The Kier molecular flexibility index (Phi) is 23.8. The Morgan fingerprint density at radius 3 is 1.89 bits per heavy atom. The third kappa shape index (κ3) is 26.7. The summed E-state index contributed by atoms with van der Waals surface area (Å²) in [5.74, 6) is 0.932. The van der Waals surface area contributed by atoms with E-state index in [9.17, 15) is 9.59 Å². The second kappa shape index (κ2) is 19.5. The predicted molar refractivity (Wildman–Crippen MR) is 84.3 cm³/mol. The summed E-state index contributed by atoms with van der Waals surface area (Å²) in [7, 11) is 0. The van der Waals surface area contributed by atoms with E-state index in [0.717, 1.165) is 19.3 Å². The van der Waals surface area contributed by atoms with Gasteiger partial charge in [0.2, 0.25) is 5.91 Å². The van der Waals surface area contributed by atoms with Crippen LogP contribution in [0.3, 0.4) is 0 Å². The molecule has 0 saturated heterocycles. The summed E-state index contributed by atoms with van der Waals surface area (Å²) < 4.78 is 0. The van der Waals surface area contributed by atoms with Crippen LogP contribution in [0.15, 0.2) is 0 Å². The molecule has 3 nitrogen and oxygen atoms in total. The normalized spacial score (nSPS) is 8.84. The fraction of sp³-hybridized carbons (Fsp3) is 0.875. The van der Waals surface area contributed by atoms with Gasteiger partial charge in [-0.1, -0.05) is 41.5 Å². The summed E-state index contributed by atoms with van der Waals surface area (Å²) in [6, 6.07) is 0. The maximum absolute atomic E-state index is 11.3. The molecule has 0 aliphatic carbocycles. The van der Waals surface area contributed by atoms with Gasteiger partial charge < -0.3 is 10.1 Å². The molecule has 0 bridgehead atoms. The highest BCUT2D eigenvalue weighted by Crippen LogP contribution is 2.02. The van der Waals surface area contributed by atoms with Gasteiger partial charge in [-0.15, -0.1) is 0 Å². The molecule has 0 aliphatic heterocycles. The monoisotopic (exact) mass is 273 g/mol. The fourth-order valence-electron chi connectivity index (χ4n) is 1.23. The first-order valence-corrected chi connectivity index (χ1v) is 7.78. The lowest BCUT2D eigenvalue weighted by Gasteiger charge is -2.06. The van der Waals surface area contributed by atoms with Gasteiger partial charge in [-0.2, -0.15) is 0 Å². The molecule has 0 aromatic carbocycles. The van der Waals surface area contributed by atoms with Gasteiger partial charge in [0.05, 0.1) is 0 Å². The Bertz CT molecular complexity index is 201. The van der Waals surface area contributed by atoms with E-state index in [-0.39, 0.29) is 11.7 Å². The van der Waals surface area contributed by atoms with Crippen LogP contribution in [0.1, 0.15) is 80.6 Å². The molecule has 0 aromatic rings. The second-order valence-corrected chi connectivity index (χ2v) is 4.44. The van der Waals surface area contributed by atoms with Crippen LogP contribution in [-0.2, 0) is 9.59 Å². The van der Waals surface area contributed by atoms with Gasteiger partial charge in [0, 0.05) is 19.4 Å². The molecule has 0 rings (SSSR count). The van der Waals surface area contributed by atoms with Crippen molar-refractivity contribution in [2.75, 3.05) is 6.54 Å². The van der Waals surface area contributed by atoms with Gasteiger partial charge in [0.1, 0.15) is 5.78 Å². The van der Waals surface area contributed by atoms with E-state index >= 15 is 0 Å². The van der Waals surface area contributed by atoms with Gasteiger partial charge in [-0.05, 0) is 32.1 Å². The van der Waals surface area contributed by atoms with Crippen LogP contribution in [0.25, 0.3) is 0 Å². The molecule has 0 aliphatic rings. The number of amides is 1. The number of ketones is 1. The summed E-state index contributed by atoms with van der Waals surface area (Å²) in [5.41, 5.74) is 0. The predicted octanol–water partition coefficient (Wildman–Crippen LogP) is 4.35. The van der Waals surface area contributed by atoms with Crippen molar-refractivity contribution in [2.45, 2.75) is 80.6 Å². The zero-order chi connectivity index (χ0) is 15.7. The quantitative estimate of drug-likeness (QED) is 0.668.